The Balaban J connectivity index is 2.44. The number of carbonyl (C=O) groups excluding carboxylic acids is 1. The molecule has 1 aromatic carbocycles. The lowest BCUT2D eigenvalue weighted by atomic mass is 10.2. The maximum atomic E-state index is 11.1. The molecule has 0 saturated heterocycles. The highest BCUT2D eigenvalue weighted by Gasteiger charge is 2.08. The molecule has 1 rings (SSSR count). The second-order valence-corrected chi connectivity index (χ2v) is 4.02. The first kappa shape index (κ1) is 13.0. The van der Waals surface area contributed by atoms with Gasteiger partial charge >= 0.3 is 0 Å². The number of para-hydroxylation sites is 1. The predicted octanol–water partition coefficient (Wildman–Crippen LogP) is 4.02. The summed E-state index contributed by atoms with van der Waals surface area (Å²) in [5, 5.41) is -0.468. The average molecular weight is 241 g/mol. The molecule has 0 amide bonds. The highest BCUT2D eigenvalue weighted by molar-refractivity contribution is 6.68. The number of carbonyl (C=O) groups is 1. The number of ether oxygens (including phenoxy) is 1. The van der Waals surface area contributed by atoms with Gasteiger partial charge in [-0.2, -0.15) is 0 Å². The van der Waals surface area contributed by atoms with E-state index < -0.39 is 5.24 Å². The first-order chi connectivity index (χ1) is 7.75. The molecule has 0 heterocycles. The van der Waals surface area contributed by atoms with Crippen LogP contribution in [0.25, 0.3) is 0 Å². The Morgan fingerprint density at radius 3 is 2.69 bits per heavy atom. The van der Waals surface area contributed by atoms with Gasteiger partial charge in [-0.3, -0.25) is 4.79 Å². The third-order valence-electron chi connectivity index (χ3n) is 2.35. The number of hydrogen-bond donors (Lipinski definition) is 0. The molecule has 16 heavy (non-hydrogen) atoms. The van der Waals surface area contributed by atoms with Crippen molar-refractivity contribution in [1.82, 2.24) is 0 Å². The lowest BCUT2D eigenvalue weighted by Crippen LogP contribution is -2.01. The fourth-order valence-corrected chi connectivity index (χ4v) is 1.62. The summed E-state index contributed by atoms with van der Waals surface area (Å²) >= 11 is 5.45. The van der Waals surface area contributed by atoms with E-state index in [2.05, 4.69) is 6.92 Å². The second kappa shape index (κ2) is 7.29. The fraction of sp³-hybridized carbons (Fsp3) is 0.462. The van der Waals surface area contributed by atoms with E-state index in [-0.39, 0.29) is 0 Å². The Kier molecular flexibility index (Phi) is 5.94. The average Bonchev–Trinajstić information content (AvgIpc) is 2.29. The van der Waals surface area contributed by atoms with Crippen LogP contribution in [0.3, 0.4) is 0 Å². The molecule has 0 spiro atoms. The molecule has 0 aromatic heterocycles. The van der Waals surface area contributed by atoms with Crippen LogP contribution >= 0.6 is 11.6 Å². The minimum absolute atomic E-state index is 0.444. The van der Waals surface area contributed by atoms with Crippen molar-refractivity contribution in [2.75, 3.05) is 6.61 Å². The van der Waals surface area contributed by atoms with Gasteiger partial charge < -0.3 is 4.74 Å². The number of unbranched alkanes of at least 4 members (excludes halogenated alkanes) is 3. The Bertz CT molecular complexity index is 336. The zero-order valence-electron chi connectivity index (χ0n) is 9.54. The summed E-state index contributed by atoms with van der Waals surface area (Å²) in [6.45, 7) is 2.81. The van der Waals surface area contributed by atoms with Crippen molar-refractivity contribution in [3.8, 4) is 5.75 Å². The Labute approximate surface area is 102 Å². The van der Waals surface area contributed by atoms with E-state index in [1.165, 1.54) is 12.8 Å². The molecule has 2 nitrogen and oxygen atoms in total. The highest BCUT2D eigenvalue weighted by Crippen LogP contribution is 2.20. The summed E-state index contributed by atoms with van der Waals surface area (Å²) in [5.41, 5.74) is 0.444. The van der Waals surface area contributed by atoms with Gasteiger partial charge in [0, 0.05) is 0 Å². The van der Waals surface area contributed by atoms with Crippen molar-refractivity contribution in [2.45, 2.75) is 32.6 Å². The monoisotopic (exact) mass is 240 g/mol. The van der Waals surface area contributed by atoms with E-state index in [1.54, 1.807) is 18.2 Å². The molecule has 0 saturated carbocycles. The van der Waals surface area contributed by atoms with Crippen LogP contribution in [0.5, 0.6) is 5.75 Å². The molecule has 0 bridgehead atoms. The van der Waals surface area contributed by atoms with Gasteiger partial charge in [0.25, 0.3) is 5.24 Å². The number of rotatable bonds is 7. The smallest absolute Gasteiger partial charge is 0.256 e. The predicted molar refractivity (Wildman–Crippen MR) is 66.3 cm³/mol. The largest absolute Gasteiger partial charge is 0.493 e. The molecular formula is C13H17ClO2. The maximum absolute atomic E-state index is 11.1. The fourth-order valence-electron chi connectivity index (χ4n) is 1.47. The topological polar surface area (TPSA) is 26.3 Å². The lowest BCUT2D eigenvalue weighted by molar-refractivity contribution is 0.107. The van der Waals surface area contributed by atoms with Gasteiger partial charge in [0.05, 0.1) is 12.2 Å². The second-order valence-electron chi connectivity index (χ2n) is 3.68. The molecule has 0 fully saturated rings. The molecule has 0 N–H and O–H groups in total. The first-order valence-corrected chi connectivity index (χ1v) is 6.05. The third-order valence-corrected chi connectivity index (χ3v) is 2.56. The minimum atomic E-state index is -0.468. The van der Waals surface area contributed by atoms with Crippen LogP contribution < -0.4 is 4.74 Å². The van der Waals surface area contributed by atoms with E-state index in [9.17, 15) is 4.79 Å². The van der Waals surface area contributed by atoms with Gasteiger partial charge in [-0.15, -0.1) is 0 Å². The SMILES string of the molecule is CCCCCCOc1ccccc1C(=O)Cl. The van der Waals surface area contributed by atoms with Crippen LogP contribution in [-0.4, -0.2) is 11.8 Å². The molecule has 0 aliphatic heterocycles. The molecular weight excluding hydrogens is 224 g/mol. The van der Waals surface area contributed by atoms with E-state index >= 15 is 0 Å². The molecule has 0 unspecified atom stereocenters. The molecule has 0 radical (unpaired) electrons. The Hall–Kier alpha value is -1.02. The van der Waals surface area contributed by atoms with Crippen LogP contribution in [-0.2, 0) is 0 Å². The van der Waals surface area contributed by atoms with E-state index in [1.807, 2.05) is 6.07 Å². The summed E-state index contributed by atoms with van der Waals surface area (Å²) in [7, 11) is 0. The van der Waals surface area contributed by atoms with Crippen LogP contribution in [0.15, 0.2) is 24.3 Å². The minimum Gasteiger partial charge on any atom is -0.493 e. The summed E-state index contributed by atoms with van der Waals surface area (Å²) in [5.74, 6) is 0.582. The molecule has 0 aliphatic carbocycles. The van der Waals surface area contributed by atoms with Crippen LogP contribution in [0.2, 0.25) is 0 Å². The van der Waals surface area contributed by atoms with Crippen molar-refractivity contribution < 1.29 is 9.53 Å². The van der Waals surface area contributed by atoms with Gasteiger partial charge in [0.1, 0.15) is 5.75 Å². The summed E-state index contributed by atoms with van der Waals surface area (Å²) in [6, 6.07) is 7.07. The van der Waals surface area contributed by atoms with Crippen molar-refractivity contribution in [1.29, 1.82) is 0 Å². The molecule has 0 aliphatic rings. The van der Waals surface area contributed by atoms with E-state index in [4.69, 9.17) is 16.3 Å². The third kappa shape index (κ3) is 4.23. The molecule has 88 valence electrons. The number of benzene rings is 1. The summed E-state index contributed by atoms with van der Waals surface area (Å²) in [4.78, 5) is 11.1. The first-order valence-electron chi connectivity index (χ1n) is 5.67. The van der Waals surface area contributed by atoms with Crippen molar-refractivity contribution >= 4 is 16.8 Å². The molecule has 0 atom stereocenters. The van der Waals surface area contributed by atoms with Gasteiger partial charge in [0.15, 0.2) is 0 Å². The van der Waals surface area contributed by atoms with E-state index in [0.717, 1.165) is 12.8 Å². The quantitative estimate of drug-likeness (QED) is 0.531. The molecule has 3 heteroatoms. The van der Waals surface area contributed by atoms with Crippen LogP contribution in [0.1, 0.15) is 43.0 Å². The van der Waals surface area contributed by atoms with Crippen molar-refractivity contribution in [2.24, 2.45) is 0 Å². The zero-order valence-corrected chi connectivity index (χ0v) is 10.3. The number of hydrogen-bond acceptors (Lipinski definition) is 2. The van der Waals surface area contributed by atoms with Crippen LogP contribution in [0, 0.1) is 0 Å². The standard InChI is InChI=1S/C13H17ClO2/c1-2-3-4-7-10-16-12-9-6-5-8-11(12)13(14)15/h5-6,8-9H,2-4,7,10H2,1H3. The Morgan fingerprint density at radius 1 is 1.25 bits per heavy atom. The van der Waals surface area contributed by atoms with Gasteiger partial charge in [-0.25, -0.2) is 0 Å². The highest BCUT2D eigenvalue weighted by atomic mass is 35.5. The van der Waals surface area contributed by atoms with Gasteiger partial charge in [-0.1, -0.05) is 38.3 Å². The summed E-state index contributed by atoms with van der Waals surface area (Å²) in [6.07, 6.45) is 4.60. The van der Waals surface area contributed by atoms with Crippen molar-refractivity contribution in [3.05, 3.63) is 29.8 Å². The van der Waals surface area contributed by atoms with Gasteiger partial charge in [0.2, 0.25) is 0 Å². The zero-order chi connectivity index (χ0) is 11.8. The van der Waals surface area contributed by atoms with Crippen LogP contribution in [0.4, 0.5) is 0 Å². The maximum Gasteiger partial charge on any atom is 0.256 e. The number of halogens is 1. The Morgan fingerprint density at radius 2 is 2.00 bits per heavy atom. The normalized spacial score (nSPS) is 10.1. The summed E-state index contributed by atoms with van der Waals surface area (Å²) < 4.78 is 5.54. The molecule has 1 aromatic rings. The van der Waals surface area contributed by atoms with Crippen molar-refractivity contribution in [3.63, 3.8) is 0 Å². The van der Waals surface area contributed by atoms with E-state index in [0.29, 0.717) is 17.9 Å². The van der Waals surface area contributed by atoms with Gasteiger partial charge in [-0.05, 0) is 30.2 Å². The lowest BCUT2D eigenvalue weighted by Gasteiger charge is -2.08.